The van der Waals surface area contributed by atoms with Crippen molar-refractivity contribution in [1.29, 1.82) is 0 Å². The van der Waals surface area contributed by atoms with Gasteiger partial charge in [-0.3, -0.25) is 4.79 Å². The molecule has 1 aromatic rings. The summed E-state index contributed by atoms with van der Waals surface area (Å²) in [5.74, 6) is -0.315. The van der Waals surface area contributed by atoms with Crippen LogP contribution in [0.2, 0.25) is 0 Å². The third-order valence-corrected chi connectivity index (χ3v) is 2.89. The third kappa shape index (κ3) is 7.17. The molecule has 1 N–H and O–H groups in total. The van der Waals surface area contributed by atoms with Gasteiger partial charge in [0.15, 0.2) is 0 Å². The number of hydrogen-bond donors (Lipinski definition) is 1. The van der Waals surface area contributed by atoms with Crippen LogP contribution < -0.4 is 5.32 Å². The molecule has 0 aliphatic carbocycles. The van der Waals surface area contributed by atoms with Crippen molar-refractivity contribution in [2.75, 3.05) is 6.61 Å². The van der Waals surface area contributed by atoms with E-state index in [1.54, 1.807) is 41.5 Å². The highest BCUT2D eigenvalue weighted by atomic mass is 16.6. The molecule has 0 fully saturated rings. The van der Waals surface area contributed by atoms with E-state index in [1.165, 1.54) is 0 Å². The maximum Gasteiger partial charge on any atom is 0.408 e. The third-order valence-electron chi connectivity index (χ3n) is 2.89. The van der Waals surface area contributed by atoms with Crippen molar-refractivity contribution in [1.82, 2.24) is 5.32 Å². The number of amides is 1. The maximum absolute atomic E-state index is 12.0. The molecule has 0 aliphatic heterocycles. The van der Waals surface area contributed by atoms with Gasteiger partial charge in [-0.1, -0.05) is 30.3 Å². The molecule has 0 bridgehead atoms. The lowest BCUT2D eigenvalue weighted by molar-refractivity contribution is -0.153. The van der Waals surface area contributed by atoms with Crippen molar-refractivity contribution in [3.05, 3.63) is 35.9 Å². The molecule has 0 aliphatic rings. The van der Waals surface area contributed by atoms with Gasteiger partial charge < -0.3 is 14.8 Å². The number of alkyl carbamates (subject to hydrolysis) is 1. The van der Waals surface area contributed by atoms with Gasteiger partial charge in [0.1, 0.15) is 12.2 Å². The fourth-order valence-electron chi connectivity index (χ4n) is 1.73. The van der Waals surface area contributed by atoms with Crippen LogP contribution >= 0.6 is 0 Å². The van der Waals surface area contributed by atoms with Gasteiger partial charge in [-0.25, -0.2) is 4.79 Å². The Hall–Kier alpha value is -2.04. The first kappa shape index (κ1) is 19.0. The molecule has 1 atom stereocenters. The number of benzene rings is 1. The molecule has 1 aromatic carbocycles. The SMILES string of the molecule is CC(C)(C)OC(=O)NC(COC(=O)C(C)(C)C)c1ccccc1. The van der Waals surface area contributed by atoms with E-state index in [-0.39, 0.29) is 12.6 Å². The zero-order valence-electron chi connectivity index (χ0n) is 14.8. The van der Waals surface area contributed by atoms with E-state index in [4.69, 9.17) is 9.47 Å². The summed E-state index contributed by atoms with van der Waals surface area (Å²) in [6.07, 6.45) is -0.543. The van der Waals surface area contributed by atoms with Crippen LogP contribution in [0.15, 0.2) is 30.3 Å². The minimum atomic E-state index is -0.590. The fraction of sp³-hybridized carbons (Fsp3) is 0.556. The molecule has 0 saturated carbocycles. The first-order chi connectivity index (χ1) is 10.5. The lowest BCUT2D eigenvalue weighted by Crippen LogP contribution is -2.37. The van der Waals surface area contributed by atoms with E-state index in [9.17, 15) is 9.59 Å². The van der Waals surface area contributed by atoms with Crippen LogP contribution in [0.1, 0.15) is 53.1 Å². The second-order valence-electron chi connectivity index (χ2n) is 7.46. The topological polar surface area (TPSA) is 64.6 Å². The van der Waals surface area contributed by atoms with Crippen molar-refractivity contribution in [2.45, 2.75) is 53.2 Å². The molecule has 0 radical (unpaired) electrons. The standard InChI is InChI=1S/C18H27NO4/c1-17(2,3)15(20)22-12-14(13-10-8-7-9-11-13)19-16(21)23-18(4,5)6/h7-11,14H,12H2,1-6H3,(H,19,21). The van der Waals surface area contributed by atoms with E-state index in [2.05, 4.69) is 5.32 Å². The van der Waals surface area contributed by atoms with Crippen LogP contribution in [-0.4, -0.2) is 24.3 Å². The van der Waals surface area contributed by atoms with Gasteiger partial charge in [0.05, 0.1) is 11.5 Å². The van der Waals surface area contributed by atoms with Crippen molar-refractivity contribution in [3.8, 4) is 0 Å². The first-order valence-electron chi connectivity index (χ1n) is 7.71. The summed E-state index contributed by atoms with van der Waals surface area (Å²) in [5.41, 5.74) is -0.333. The Bertz CT molecular complexity index is 526. The predicted molar refractivity (Wildman–Crippen MR) is 89.0 cm³/mol. The Morgan fingerprint density at radius 3 is 2.09 bits per heavy atom. The van der Waals surface area contributed by atoms with Crippen molar-refractivity contribution < 1.29 is 19.1 Å². The maximum atomic E-state index is 12.0. The predicted octanol–water partition coefficient (Wildman–Crippen LogP) is 3.84. The molecule has 1 unspecified atom stereocenters. The van der Waals surface area contributed by atoms with Crippen LogP contribution in [0.4, 0.5) is 4.79 Å². The highest BCUT2D eigenvalue weighted by Crippen LogP contribution is 2.19. The monoisotopic (exact) mass is 321 g/mol. The summed E-state index contributed by atoms with van der Waals surface area (Å²) in [6.45, 7) is 10.8. The number of hydrogen-bond acceptors (Lipinski definition) is 4. The van der Waals surface area contributed by atoms with E-state index < -0.39 is 23.2 Å². The van der Waals surface area contributed by atoms with Gasteiger partial charge in [-0.2, -0.15) is 0 Å². The van der Waals surface area contributed by atoms with Crippen LogP contribution in [0, 0.1) is 5.41 Å². The van der Waals surface area contributed by atoms with Crippen LogP contribution in [-0.2, 0) is 14.3 Å². The van der Waals surface area contributed by atoms with E-state index in [0.717, 1.165) is 5.56 Å². The molecule has 0 spiro atoms. The summed E-state index contributed by atoms with van der Waals surface area (Å²) >= 11 is 0. The van der Waals surface area contributed by atoms with E-state index in [1.807, 2.05) is 30.3 Å². The zero-order valence-corrected chi connectivity index (χ0v) is 14.8. The highest BCUT2D eigenvalue weighted by molar-refractivity contribution is 5.75. The lowest BCUT2D eigenvalue weighted by atomic mass is 9.97. The van der Waals surface area contributed by atoms with Crippen LogP contribution in [0.5, 0.6) is 0 Å². The fourth-order valence-corrected chi connectivity index (χ4v) is 1.73. The average Bonchev–Trinajstić information content (AvgIpc) is 2.41. The first-order valence-corrected chi connectivity index (χ1v) is 7.71. The van der Waals surface area contributed by atoms with Crippen molar-refractivity contribution in [3.63, 3.8) is 0 Å². The number of esters is 1. The van der Waals surface area contributed by atoms with Gasteiger partial charge in [-0.05, 0) is 47.1 Å². The Balaban J connectivity index is 2.79. The van der Waals surface area contributed by atoms with Crippen LogP contribution in [0.25, 0.3) is 0 Å². The Morgan fingerprint density at radius 2 is 1.61 bits per heavy atom. The number of nitrogens with one attached hydrogen (secondary N) is 1. The zero-order chi connectivity index (χ0) is 17.7. The second kappa shape index (κ2) is 7.49. The van der Waals surface area contributed by atoms with Crippen molar-refractivity contribution in [2.24, 2.45) is 5.41 Å². The quantitative estimate of drug-likeness (QED) is 0.856. The summed E-state index contributed by atoms with van der Waals surface area (Å²) in [6, 6.07) is 8.89. The Morgan fingerprint density at radius 1 is 1.04 bits per heavy atom. The van der Waals surface area contributed by atoms with Crippen molar-refractivity contribution >= 4 is 12.1 Å². The minimum Gasteiger partial charge on any atom is -0.463 e. The molecule has 23 heavy (non-hydrogen) atoms. The van der Waals surface area contributed by atoms with Gasteiger partial charge in [0.25, 0.3) is 0 Å². The molecule has 5 heteroatoms. The average molecular weight is 321 g/mol. The van der Waals surface area contributed by atoms with Crippen LogP contribution in [0.3, 0.4) is 0 Å². The summed E-state index contributed by atoms with van der Waals surface area (Å²) in [7, 11) is 0. The summed E-state index contributed by atoms with van der Waals surface area (Å²) < 4.78 is 10.6. The minimum absolute atomic E-state index is 0.0549. The number of ether oxygens (including phenoxy) is 2. The van der Waals surface area contributed by atoms with E-state index in [0.29, 0.717) is 0 Å². The molecular formula is C18H27NO4. The molecule has 128 valence electrons. The molecule has 0 heterocycles. The van der Waals surface area contributed by atoms with Gasteiger partial charge in [-0.15, -0.1) is 0 Å². The van der Waals surface area contributed by atoms with Gasteiger partial charge in [0.2, 0.25) is 0 Å². The number of carbonyl (C=O) groups excluding carboxylic acids is 2. The largest absolute Gasteiger partial charge is 0.463 e. The van der Waals surface area contributed by atoms with Gasteiger partial charge >= 0.3 is 12.1 Å². The number of carbonyl (C=O) groups is 2. The molecule has 0 saturated heterocycles. The summed E-state index contributed by atoms with van der Waals surface area (Å²) in [5, 5.41) is 2.76. The molecule has 5 nitrogen and oxygen atoms in total. The molecule has 1 amide bonds. The summed E-state index contributed by atoms with van der Waals surface area (Å²) in [4.78, 5) is 24.0. The van der Waals surface area contributed by atoms with Gasteiger partial charge in [0, 0.05) is 0 Å². The normalized spacial score (nSPS) is 13.1. The second-order valence-corrected chi connectivity index (χ2v) is 7.46. The molecular weight excluding hydrogens is 294 g/mol. The lowest BCUT2D eigenvalue weighted by Gasteiger charge is -2.25. The van der Waals surface area contributed by atoms with E-state index >= 15 is 0 Å². The Labute approximate surface area is 138 Å². The Kier molecular flexibility index (Phi) is 6.19. The highest BCUT2D eigenvalue weighted by Gasteiger charge is 2.26. The molecule has 0 aromatic heterocycles. The number of rotatable bonds is 4. The smallest absolute Gasteiger partial charge is 0.408 e. The molecule has 1 rings (SSSR count).